The molecule has 4 aromatic rings. The van der Waals surface area contributed by atoms with Crippen LogP contribution in [-0.2, 0) is 7.05 Å². The van der Waals surface area contributed by atoms with Crippen LogP contribution in [0.2, 0.25) is 0 Å². The lowest BCUT2D eigenvalue weighted by Crippen LogP contribution is -2.37. The Morgan fingerprint density at radius 3 is 2.84 bits per heavy atom. The van der Waals surface area contributed by atoms with Gasteiger partial charge in [0.2, 0.25) is 5.95 Å². The molecule has 4 heterocycles. The Bertz CT molecular complexity index is 1450. The van der Waals surface area contributed by atoms with E-state index in [0.717, 1.165) is 42.5 Å². The van der Waals surface area contributed by atoms with Crippen LogP contribution in [0.5, 0.6) is 5.75 Å². The molecule has 1 atom stereocenters. The van der Waals surface area contributed by atoms with Gasteiger partial charge in [-0.25, -0.2) is 9.97 Å². The molecule has 1 saturated heterocycles. The van der Waals surface area contributed by atoms with Gasteiger partial charge in [-0.05, 0) is 45.1 Å². The van der Waals surface area contributed by atoms with Crippen molar-refractivity contribution < 1.29 is 9.66 Å². The topological polar surface area (TPSA) is 114 Å². The van der Waals surface area contributed by atoms with Gasteiger partial charge in [0.25, 0.3) is 5.69 Å². The minimum absolute atomic E-state index is 0.0170. The monoisotopic (exact) mass is 502 g/mol. The predicted molar refractivity (Wildman–Crippen MR) is 144 cm³/mol. The van der Waals surface area contributed by atoms with Crippen molar-refractivity contribution in [1.82, 2.24) is 24.4 Å². The van der Waals surface area contributed by atoms with Gasteiger partial charge in [0.15, 0.2) is 0 Å². The van der Waals surface area contributed by atoms with Crippen molar-refractivity contribution in [3.8, 4) is 17.0 Å². The Morgan fingerprint density at radius 2 is 2.08 bits per heavy atom. The highest BCUT2D eigenvalue weighted by Crippen LogP contribution is 2.41. The van der Waals surface area contributed by atoms with Gasteiger partial charge in [-0.1, -0.05) is 0 Å². The van der Waals surface area contributed by atoms with Gasteiger partial charge >= 0.3 is 0 Å². The van der Waals surface area contributed by atoms with Crippen LogP contribution in [0.4, 0.5) is 23.0 Å². The molecule has 0 radical (unpaired) electrons. The minimum atomic E-state index is -0.343. The summed E-state index contributed by atoms with van der Waals surface area (Å²) in [5, 5.41) is 15.3. The number of fused-ring (bicyclic) bond motifs is 1. The second kappa shape index (κ2) is 10.0. The lowest BCUT2D eigenvalue weighted by atomic mass is 10.1. The smallest absolute Gasteiger partial charge is 0.294 e. The van der Waals surface area contributed by atoms with Crippen LogP contribution < -0.4 is 15.0 Å². The number of rotatable bonds is 8. The number of pyridine rings is 1. The van der Waals surface area contributed by atoms with Gasteiger partial charge < -0.3 is 24.4 Å². The number of nitro benzene ring substituents is 1. The maximum Gasteiger partial charge on any atom is 0.294 e. The summed E-state index contributed by atoms with van der Waals surface area (Å²) in [6, 6.07) is 9.16. The molecular weight excluding hydrogens is 472 g/mol. The highest BCUT2D eigenvalue weighted by Gasteiger charge is 2.31. The first kappa shape index (κ1) is 24.4. The van der Waals surface area contributed by atoms with Crippen molar-refractivity contribution >= 4 is 34.0 Å². The number of nitro groups is 1. The van der Waals surface area contributed by atoms with Crippen molar-refractivity contribution in [2.75, 3.05) is 44.5 Å². The normalized spacial score (nSPS) is 15.5. The van der Waals surface area contributed by atoms with E-state index in [1.807, 2.05) is 50.1 Å². The minimum Gasteiger partial charge on any atom is -0.494 e. The molecule has 11 heteroatoms. The van der Waals surface area contributed by atoms with E-state index in [0.29, 0.717) is 28.8 Å². The van der Waals surface area contributed by atoms with Crippen molar-refractivity contribution in [3.63, 3.8) is 0 Å². The fraction of sp³-hybridized carbons (Fsp3) is 0.346. The summed E-state index contributed by atoms with van der Waals surface area (Å²) >= 11 is 0. The van der Waals surface area contributed by atoms with Crippen molar-refractivity contribution in [3.05, 3.63) is 59.0 Å². The Morgan fingerprint density at radius 1 is 1.24 bits per heavy atom. The molecule has 0 spiro atoms. The van der Waals surface area contributed by atoms with Gasteiger partial charge in [0, 0.05) is 62.5 Å². The Kier molecular flexibility index (Phi) is 6.62. The molecule has 3 aromatic heterocycles. The SMILES string of the molecule is COc1cc(N2CCCC2CN(C)C)c([N+](=O)[O-])cc1Nc1nccc(-c2cn(C)c3cccnc23)n1. The number of nitrogens with zero attached hydrogens (tertiary/aromatic N) is 7. The van der Waals surface area contributed by atoms with Gasteiger partial charge in [0.1, 0.15) is 11.4 Å². The van der Waals surface area contributed by atoms with Gasteiger partial charge in [0.05, 0.1) is 34.4 Å². The molecule has 0 saturated carbocycles. The van der Waals surface area contributed by atoms with Gasteiger partial charge in [-0.15, -0.1) is 0 Å². The fourth-order valence-electron chi connectivity index (χ4n) is 5.05. The first-order valence-corrected chi connectivity index (χ1v) is 12.1. The largest absolute Gasteiger partial charge is 0.494 e. The molecule has 11 nitrogen and oxygen atoms in total. The number of benzene rings is 1. The highest BCUT2D eigenvalue weighted by molar-refractivity contribution is 5.92. The van der Waals surface area contributed by atoms with E-state index in [1.165, 1.54) is 6.07 Å². The number of ether oxygens (including phenoxy) is 1. The number of anilines is 3. The van der Waals surface area contributed by atoms with E-state index in [2.05, 4.69) is 30.1 Å². The second-order valence-electron chi connectivity index (χ2n) is 9.47. The zero-order valence-corrected chi connectivity index (χ0v) is 21.4. The third-order valence-electron chi connectivity index (χ3n) is 6.68. The zero-order chi connectivity index (χ0) is 26.1. The molecule has 1 aliphatic rings. The van der Waals surface area contributed by atoms with Crippen LogP contribution in [0.1, 0.15) is 12.8 Å². The average molecular weight is 503 g/mol. The maximum atomic E-state index is 12.1. The molecule has 1 aliphatic heterocycles. The fourth-order valence-corrected chi connectivity index (χ4v) is 5.05. The van der Waals surface area contributed by atoms with Crippen molar-refractivity contribution in [2.24, 2.45) is 7.05 Å². The summed E-state index contributed by atoms with van der Waals surface area (Å²) in [4.78, 5) is 29.6. The molecule has 1 aromatic carbocycles. The van der Waals surface area contributed by atoms with E-state index in [1.54, 1.807) is 25.6 Å². The molecule has 0 amide bonds. The Balaban J connectivity index is 1.51. The van der Waals surface area contributed by atoms with E-state index in [9.17, 15) is 10.1 Å². The summed E-state index contributed by atoms with van der Waals surface area (Å²) in [5.41, 5.74) is 4.40. The number of hydrogen-bond donors (Lipinski definition) is 1. The van der Waals surface area contributed by atoms with Crippen LogP contribution in [-0.4, -0.2) is 69.7 Å². The number of aromatic nitrogens is 4. The van der Waals surface area contributed by atoms with Crippen LogP contribution >= 0.6 is 0 Å². The third kappa shape index (κ3) is 4.77. The van der Waals surface area contributed by atoms with Crippen LogP contribution in [0.15, 0.2) is 48.9 Å². The van der Waals surface area contributed by atoms with E-state index < -0.39 is 0 Å². The quantitative estimate of drug-likeness (QED) is 0.279. The standard InChI is InChI=1S/C26H30N8O3/c1-31(2)15-17-7-6-12-33(17)22-14-24(37-4)20(13-23(22)34(35)36)30-26-28-11-9-19(29-26)18-16-32(3)21-8-5-10-27-25(18)21/h5,8-11,13-14,16-17H,6-7,12,15H2,1-4H3,(H,28,29,30). The first-order chi connectivity index (χ1) is 17.9. The number of hydrogen-bond acceptors (Lipinski definition) is 9. The summed E-state index contributed by atoms with van der Waals surface area (Å²) < 4.78 is 7.65. The lowest BCUT2D eigenvalue weighted by Gasteiger charge is -2.29. The zero-order valence-electron chi connectivity index (χ0n) is 21.4. The predicted octanol–water partition coefficient (Wildman–Crippen LogP) is 4.22. The summed E-state index contributed by atoms with van der Waals surface area (Å²) in [5.74, 6) is 0.786. The third-order valence-corrected chi connectivity index (χ3v) is 6.68. The Hall–Kier alpha value is -4.25. The second-order valence-corrected chi connectivity index (χ2v) is 9.47. The first-order valence-electron chi connectivity index (χ1n) is 12.1. The molecule has 1 unspecified atom stereocenters. The maximum absolute atomic E-state index is 12.1. The van der Waals surface area contributed by atoms with Crippen LogP contribution in [0.25, 0.3) is 22.3 Å². The van der Waals surface area contributed by atoms with Gasteiger partial charge in [-0.3, -0.25) is 15.1 Å². The number of likely N-dealkylation sites (N-methyl/N-ethyl adjacent to an activating group) is 1. The molecule has 0 bridgehead atoms. The Labute approximate surface area is 214 Å². The summed E-state index contributed by atoms with van der Waals surface area (Å²) in [7, 11) is 7.54. The number of methoxy groups -OCH3 is 1. The molecule has 5 rings (SSSR count). The molecule has 1 fully saturated rings. The van der Waals surface area contributed by atoms with Crippen molar-refractivity contribution in [2.45, 2.75) is 18.9 Å². The summed E-state index contributed by atoms with van der Waals surface area (Å²) in [6.45, 7) is 1.59. The molecule has 37 heavy (non-hydrogen) atoms. The molecule has 0 aliphatic carbocycles. The van der Waals surface area contributed by atoms with Crippen LogP contribution in [0.3, 0.4) is 0 Å². The van der Waals surface area contributed by atoms with Crippen LogP contribution in [0, 0.1) is 10.1 Å². The highest BCUT2D eigenvalue weighted by atomic mass is 16.6. The van der Waals surface area contributed by atoms with Crippen molar-refractivity contribution in [1.29, 1.82) is 0 Å². The van der Waals surface area contributed by atoms with E-state index in [4.69, 9.17) is 4.74 Å². The van der Waals surface area contributed by atoms with E-state index in [-0.39, 0.29) is 16.7 Å². The lowest BCUT2D eigenvalue weighted by molar-refractivity contribution is -0.384. The van der Waals surface area contributed by atoms with Gasteiger partial charge in [-0.2, -0.15) is 0 Å². The molecular formula is C26H30N8O3. The average Bonchev–Trinajstić information content (AvgIpc) is 3.48. The summed E-state index contributed by atoms with van der Waals surface area (Å²) in [6.07, 6.45) is 7.35. The number of nitrogens with one attached hydrogen (secondary N) is 1. The number of aryl methyl sites for hydroxylation is 1. The molecule has 1 N–H and O–H groups in total. The molecule has 192 valence electrons. The van der Waals surface area contributed by atoms with E-state index >= 15 is 0 Å².